The molecule has 3 aromatic heterocycles. The maximum absolute atomic E-state index is 13.7. The van der Waals surface area contributed by atoms with Crippen molar-refractivity contribution in [1.29, 1.82) is 0 Å². The van der Waals surface area contributed by atoms with E-state index in [1.54, 1.807) is 20.2 Å². The Morgan fingerprint density at radius 1 is 1.33 bits per heavy atom. The molecule has 0 fully saturated rings. The van der Waals surface area contributed by atoms with E-state index in [9.17, 15) is 18.0 Å². The molecule has 0 aliphatic rings. The van der Waals surface area contributed by atoms with Crippen molar-refractivity contribution in [3.63, 3.8) is 0 Å². The van der Waals surface area contributed by atoms with Crippen molar-refractivity contribution < 1.29 is 13.2 Å². The fourth-order valence-electron chi connectivity index (χ4n) is 3.01. The first kappa shape index (κ1) is 19.3. The standard InChI is InChI=1S/C17H18F3N5OS/c1-4-5-6-25-14-13(15(26)22-16(25)27)11(17(18,19)20)7-12(21-14)10-8-24(3)23-9(10)2/h7-8H,4-6H2,1-3H3,(H,22,26,27). The van der Waals surface area contributed by atoms with Gasteiger partial charge >= 0.3 is 6.18 Å². The normalized spacial score (nSPS) is 12.1. The fraction of sp³-hybridized carbons (Fsp3) is 0.412. The summed E-state index contributed by atoms with van der Waals surface area (Å²) in [5.41, 5.74) is -0.876. The molecule has 10 heteroatoms. The predicted molar refractivity (Wildman–Crippen MR) is 98.0 cm³/mol. The van der Waals surface area contributed by atoms with E-state index in [-0.39, 0.29) is 16.1 Å². The molecule has 144 valence electrons. The van der Waals surface area contributed by atoms with Crippen LogP contribution in [0.1, 0.15) is 31.0 Å². The molecule has 0 amide bonds. The second kappa shape index (κ2) is 6.91. The maximum atomic E-state index is 13.7. The summed E-state index contributed by atoms with van der Waals surface area (Å²) in [5, 5.41) is 3.66. The lowest BCUT2D eigenvalue weighted by Crippen LogP contribution is -2.21. The van der Waals surface area contributed by atoms with Crippen molar-refractivity contribution in [1.82, 2.24) is 24.3 Å². The Morgan fingerprint density at radius 3 is 2.59 bits per heavy atom. The van der Waals surface area contributed by atoms with Crippen LogP contribution >= 0.6 is 12.2 Å². The van der Waals surface area contributed by atoms with E-state index in [0.717, 1.165) is 12.5 Å². The zero-order chi connectivity index (χ0) is 19.9. The smallest absolute Gasteiger partial charge is 0.302 e. The number of H-pyrrole nitrogens is 1. The number of nitrogens with one attached hydrogen (secondary N) is 1. The first-order valence-electron chi connectivity index (χ1n) is 8.39. The molecule has 0 saturated heterocycles. The first-order chi connectivity index (χ1) is 12.6. The van der Waals surface area contributed by atoms with E-state index in [0.29, 0.717) is 24.2 Å². The third-order valence-corrected chi connectivity index (χ3v) is 4.60. The highest BCUT2D eigenvalue weighted by Crippen LogP contribution is 2.36. The summed E-state index contributed by atoms with van der Waals surface area (Å²) in [6.45, 7) is 4.01. The molecule has 0 aromatic carbocycles. The van der Waals surface area contributed by atoms with Gasteiger partial charge in [0.05, 0.1) is 22.3 Å². The average Bonchev–Trinajstić information content (AvgIpc) is 2.91. The van der Waals surface area contributed by atoms with Crippen molar-refractivity contribution >= 4 is 23.3 Å². The van der Waals surface area contributed by atoms with Gasteiger partial charge in [0, 0.05) is 25.4 Å². The Hall–Kier alpha value is -2.49. The van der Waals surface area contributed by atoms with Gasteiger partial charge in [0.25, 0.3) is 5.56 Å². The lowest BCUT2D eigenvalue weighted by molar-refractivity contribution is -0.136. The molecule has 0 unspecified atom stereocenters. The highest BCUT2D eigenvalue weighted by molar-refractivity contribution is 7.71. The van der Waals surface area contributed by atoms with E-state index < -0.39 is 22.7 Å². The number of aryl methyl sites for hydroxylation is 3. The topological polar surface area (TPSA) is 68.5 Å². The summed E-state index contributed by atoms with van der Waals surface area (Å²) in [6, 6.07) is 0.898. The molecule has 0 bridgehead atoms. The van der Waals surface area contributed by atoms with E-state index in [1.165, 1.54) is 9.25 Å². The Balaban J connectivity index is 2.46. The molecule has 3 aromatic rings. The monoisotopic (exact) mass is 397 g/mol. The van der Waals surface area contributed by atoms with Crippen LogP contribution in [0.4, 0.5) is 13.2 Å². The molecular formula is C17H18F3N5OS. The van der Waals surface area contributed by atoms with Gasteiger partial charge in [0.2, 0.25) is 0 Å². The van der Waals surface area contributed by atoms with Crippen molar-refractivity contribution in [3.05, 3.63) is 38.6 Å². The first-order valence-corrected chi connectivity index (χ1v) is 8.80. The quantitative estimate of drug-likeness (QED) is 0.676. The molecule has 6 nitrogen and oxygen atoms in total. The zero-order valence-corrected chi connectivity index (χ0v) is 15.8. The Labute approximate surface area is 157 Å². The number of unbranched alkanes of at least 4 members (excludes halogenated alkanes) is 1. The van der Waals surface area contributed by atoms with Gasteiger partial charge in [-0.2, -0.15) is 18.3 Å². The largest absolute Gasteiger partial charge is 0.417 e. The van der Waals surface area contributed by atoms with Crippen molar-refractivity contribution in [2.24, 2.45) is 7.05 Å². The van der Waals surface area contributed by atoms with Gasteiger partial charge in [-0.1, -0.05) is 13.3 Å². The molecule has 0 saturated carbocycles. The molecule has 3 rings (SSSR count). The van der Waals surface area contributed by atoms with Gasteiger partial charge in [0.1, 0.15) is 5.65 Å². The van der Waals surface area contributed by atoms with E-state index in [2.05, 4.69) is 15.1 Å². The van der Waals surface area contributed by atoms with Crippen LogP contribution in [0, 0.1) is 11.7 Å². The molecule has 0 spiro atoms. The summed E-state index contributed by atoms with van der Waals surface area (Å²) >= 11 is 5.18. The molecular weight excluding hydrogens is 379 g/mol. The third kappa shape index (κ3) is 3.53. The van der Waals surface area contributed by atoms with Crippen LogP contribution in [0.2, 0.25) is 0 Å². The minimum atomic E-state index is -4.72. The molecule has 0 radical (unpaired) electrons. The highest BCUT2D eigenvalue weighted by atomic mass is 32.1. The van der Waals surface area contributed by atoms with Crippen LogP contribution in [0.5, 0.6) is 0 Å². The minimum absolute atomic E-state index is 0.0571. The molecule has 0 atom stereocenters. The Bertz CT molecular complexity index is 1130. The number of nitrogens with zero attached hydrogens (tertiary/aromatic N) is 4. The van der Waals surface area contributed by atoms with Crippen LogP contribution in [0.3, 0.4) is 0 Å². The second-order valence-electron chi connectivity index (χ2n) is 6.32. The second-order valence-corrected chi connectivity index (χ2v) is 6.70. The summed E-state index contributed by atoms with van der Waals surface area (Å²) in [7, 11) is 1.68. The molecule has 27 heavy (non-hydrogen) atoms. The molecule has 3 heterocycles. The lowest BCUT2D eigenvalue weighted by Gasteiger charge is -2.15. The number of halogens is 3. The maximum Gasteiger partial charge on any atom is 0.417 e. The van der Waals surface area contributed by atoms with Gasteiger partial charge in [-0.15, -0.1) is 0 Å². The van der Waals surface area contributed by atoms with Gasteiger partial charge in [0.15, 0.2) is 4.77 Å². The summed E-state index contributed by atoms with van der Waals surface area (Å²) < 4.78 is 44.3. The number of hydrogen-bond donors (Lipinski definition) is 1. The van der Waals surface area contributed by atoms with E-state index in [4.69, 9.17) is 12.2 Å². The van der Waals surface area contributed by atoms with E-state index >= 15 is 0 Å². The zero-order valence-electron chi connectivity index (χ0n) is 15.0. The van der Waals surface area contributed by atoms with Crippen LogP contribution in [-0.2, 0) is 19.8 Å². The fourth-order valence-corrected chi connectivity index (χ4v) is 3.28. The number of hydrogen-bond acceptors (Lipinski definition) is 4. The van der Waals surface area contributed by atoms with Crippen LogP contribution in [0.25, 0.3) is 22.3 Å². The summed E-state index contributed by atoms with van der Waals surface area (Å²) in [5.74, 6) is 0. The lowest BCUT2D eigenvalue weighted by atomic mass is 10.1. The summed E-state index contributed by atoms with van der Waals surface area (Å²) in [6.07, 6.45) is -1.61. The molecule has 0 aliphatic heterocycles. The van der Waals surface area contributed by atoms with Gasteiger partial charge < -0.3 is 4.57 Å². The van der Waals surface area contributed by atoms with Gasteiger partial charge in [-0.05, 0) is 31.6 Å². The van der Waals surface area contributed by atoms with Crippen LogP contribution in [-0.4, -0.2) is 24.3 Å². The molecule has 1 N–H and O–H groups in total. The average molecular weight is 397 g/mol. The van der Waals surface area contributed by atoms with Gasteiger partial charge in [-0.25, -0.2) is 4.98 Å². The number of rotatable bonds is 4. The highest BCUT2D eigenvalue weighted by Gasteiger charge is 2.35. The number of pyridine rings is 1. The predicted octanol–water partition coefficient (Wildman–Crippen LogP) is 3.98. The number of alkyl halides is 3. The van der Waals surface area contributed by atoms with Crippen LogP contribution < -0.4 is 5.56 Å². The van der Waals surface area contributed by atoms with Crippen molar-refractivity contribution in [2.75, 3.05) is 0 Å². The van der Waals surface area contributed by atoms with Crippen molar-refractivity contribution in [3.8, 4) is 11.3 Å². The SMILES string of the molecule is CCCCn1c(=S)[nH]c(=O)c2c(C(F)(F)F)cc(-c3cn(C)nc3C)nc21. The minimum Gasteiger partial charge on any atom is -0.302 e. The number of aromatic nitrogens is 5. The summed E-state index contributed by atoms with van der Waals surface area (Å²) in [4.78, 5) is 19.1. The number of aromatic amines is 1. The van der Waals surface area contributed by atoms with Crippen LogP contribution in [0.15, 0.2) is 17.1 Å². The van der Waals surface area contributed by atoms with E-state index in [1.807, 2.05) is 6.92 Å². The third-order valence-electron chi connectivity index (χ3n) is 4.28. The Morgan fingerprint density at radius 2 is 2.04 bits per heavy atom. The molecule has 0 aliphatic carbocycles. The van der Waals surface area contributed by atoms with Crippen molar-refractivity contribution in [2.45, 2.75) is 39.4 Å². The Kier molecular flexibility index (Phi) is 4.94. The number of fused-ring (bicyclic) bond motifs is 1. The van der Waals surface area contributed by atoms with Gasteiger partial charge in [-0.3, -0.25) is 14.5 Å².